The predicted octanol–water partition coefficient (Wildman–Crippen LogP) is 0.737. The van der Waals surface area contributed by atoms with Gasteiger partial charge in [-0.25, -0.2) is 4.79 Å². The smallest absolute Gasteiger partial charge is 0.331 e. The molecular formula is C19H25ClN4O3. The first kappa shape index (κ1) is 20.9. The van der Waals surface area contributed by atoms with Crippen LogP contribution >= 0.6 is 12.4 Å². The Morgan fingerprint density at radius 1 is 1.22 bits per heavy atom. The van der Waals surface area contributed by atoms with Gasteiger partial charge in [-0.3, -0.25) is 18.7 Å². The van der Waals surface area contributed by atoms with Crippen molar-refractivity contribution >= 4 is 18.3 Å². The molecule has 0 aliphatic carbocycles. The van der Waals surface area contributed by atoms with E-state index < -0.39 is 11.2 Å². The monoisotopic (exact) mass is 392 g/mol. The van der Waals surface area contributed by atoms with Crippen LogP contribution in [0.5, 0.6) is 0 Å². The van der Waals surface area contributed by atoms with Crippen molar-refractivity contribution in [2.45, 2.75) is 44.9 Å². The van der Waals surface area contributed by atoms with Gasteiger partial charge in [0.1, 0.15) is 6.54 Å². The largest absolute Gasteiger partial charge is 0.350 e. The van der Waals surface area contributed by atoms with Crippen LogP contribution in [0.15, 0.2) is 52.2 Å². The van der Waals surface area contributed by atoms with Crippen LogP contribution in [-0.4, -0.2) is 33.7 Å². The Labute approximate surface area is 163 Å². The lowest BCUT2D eigenvalue weighted by atomic mass is 10.00. The molecule has 1 amide bonds. The van der Waals surface area contributed by atoms with E-state index in [-0.39, 0.29) is 36.9 Å². The second-order valence-electron chi connectivity index (χ2n) is 6.70. The third kappa shape index (κ3) is 5.30. The van der Waals surface area contributed by atoms with E-state index in [9.17, 15) is 14.4 Å². The van der Waals surface area contributed by atoms with Crippen LogP contribution in [0, 0.1) is 0 Å². The van der Waals surface area contributed by atoms with Crippen LogP contribution in [0.1, 0.15) is 25.3 Å². The Hall–Kier alpha value is -2.38. The Morgan fingerprint density at radius 3 is 2.67 bits per heavy atom. The first-order valence-corrected chi connectivity index (χ1v) is 8.91. The normalized spacial score (nSPS) is 19.1. The number of halogens is 1. The molecule has 2 N–H and O–H groups in total. The number of hydrogen-bond acceptors (Lipinski definition) is 4. The maximum atomic E-state index is 12.6. The third-order valence-electron chi connectivity index (χ3n) is 4.75. The van der Waals surface area contributed by atoms with Gasteiger partial charge in [-0.2, -0.15) is 0 Å². The van der Waals surface area contributed by atoms with Gasteiger partial charge in [-0.15, -0.1) is 12.4 Å². The van der Waals surface area contributed by atoms with Gasteiger partial charge in [0, 0.05) is 24.3 Å². The molecule has 7 nitrogen and oxygen atoms in total. The molecule has 2 atom stereocenters. The zero-order chi connectivity index (χ0) is 18.5. The second-order valence-corrected chi connectivity index (χ2v) is 6.70. The van der Waals surface area contributed by atoms with Gasteiger partial charge in [-0.1, -0.05) is 30.3 Å². The minimum absolute atomic E-state index is 0. The van der Waals surface area contributed by atoms with E-state index in [2.05, 4.69) is 10.6 Å². The number of piperidine rings is 1. The number of nitrogens with zero attached hydrogens (tertiary/aromatic N) is 2. The average Bonchev–Trinajstić information content (AvgIpc) is 2.64. The highest BCUT2D eigenvalue weighted by Gasteiger charge is 2.22. The van der Waals surface area contributed by atoms with Crippen molar-refractivity contribution in [1.82, 2.24) is 19.8 Å². The number of nitrogens with one attached hydrogen (secondary N) is 2. The van der Waals surface area contributed by atoms with E-state index in [1.807, 2.05) is 37.3 Å². The fraction of sp³-hybridized carbons (Fsp3) is 0.421. The summed E-state index contributed by atoms with van der Waals surface area (Å²) in [6.45, 7) is 3.04. The van der Waals surface area contributed by atoms with Crippen LogP contribution in [0.25, 0.3) is 0 Å². The van der Waals surface area contributed by atoms with Crippen LogP contribution in [0.2, 0.25) is 0 Å². The van der Waals surface area contributed by atoms with Gasteiger partial charge in [0.15, 0.2) is 0 Å². The zero-order valence-corrected chi connectivity index (χ0v) is 16.1. The molecule has 2 unspecified atom stereocenters. The molecule has 8 heteroatoms. The molecular weight excluding hydrogens is 368 g/mol. The Morgan fingerprint density at radius 2 is 1.96 bits per heavy atom. The van der Waals surface area contributed by atoms with E-state index in [1.165, 1.54) is 16.8 Å². The highest BCUT2D eigenvalue weighted by molar-refractivity contribution is 5.85. The molecule has 0 radical (unpaired) electrons. The lowest BCUT2D eigenvalue weighted by Gasteiger charge is -2.30. The summed E-state index contributed by atoms with van der Waals surface area (Å²) < 4.78 is 2.42. The number of rotatable bonds is 5. The van der Waals surface area contributed by atoms with Gasteiger partial charge < -0.3 is 10.6 Å². The summed E-state index contributed by atoms with van der Waals surface area (Å²) in [6.07, 6.45) is 3.35. The van der Waals surface area contributed by atoms with Crippen molar-refractivity contribution in [2.75, 3.05) is 6.54 Å². The van der Waals surface area contributed by atoms with E-state index >= 15 is 0 Å². The Kier molecular flexibility index (Phi) is 7.38. The summed E-state index contributed by atoms with van der Waals surface area (Å²) in [5.74, 6) is -0.317. The summed E-state index contributed by atoms with van der Waals surface area (Å²) in [6, 6.07) is 11.0. The van der Waals surface area contributed by atoms with Gasteiger partial charge in [0.25, 0.3) is 5.56 Å². The van der Waals surface area contributed by atoms with Crippen LogP contribution < -0.4 is 21.9 Å². The summed E-state index contributed by atoms with van der Waals surface area (Å²) in [5, 5.41) is 6.24. The molecule has 1 fully saturated rings. The van der Waals surface area contributed by atoms with Crippen molar-refractivity contribution in [3.8, 4) is 0 Å². The number of amides is 1. The molecule has 0 bridgehead atoms. The summed E-state index contributed by atoms with van der Waals surface area (Å²) in [5.41, 5.74) is 0.00181. The molecule has 2 heterocycles. The average molecular weight is 393 g/mol. The Balaban J connectivity index is 0.00000261. The van der Waals surface area contributed by atoms with Gasteiger partial charge in [0.05, 0.1) is 6.54 Å². The first-order valence-electron chi connectivity index (χ1n) is 8.91. The lowest BCUT2D eigenvalue weighted by Crippen LogP contribution is -2.53. The van der Waals surface area contributed by atoms with Gasteiger partial charge >= 0.3 is 5.69 Å². The highest BCUT2D eigenvalue weighted by atomic mass is 35.5. The maximum Gasteiger partial charge on any atom is 0.331 e. The molecule has 146 valence electrons. The van der Waals surface area contributed by atoms with Crippen molar-refractivity contribution in [1.29, 1.82) is 0 Å². The van der Waals surface area contributed by atoms with Crippen LogP contribution in [0.4, 0.5) is 0 Å². The van der Waals surface area contributed by atoms with Crippen molar-refractivity contribution in [2.24, 2.45) is 0 Å². The minimum atomic E-state index is -0.480. The van der Waals surface area contributed by atoms with E-state index in [1.54, 1.807) is 0 Å². The summed E-state index contributed by atoms with van der Waals surface area (Å²) in [7, 11) is 0. The first-order chi connectivity index (χ1) is 12.5. The molecule has 1 aromatic carbocycles. The molecule has 27 heavy (non-hydrogen) atoms. The molecule has 3 rings (SSSR count). The molecule has 1 saturated heterocycles. The molecule has 0 spiro atoms. The number of carbonyl (C=O) groups excluding carboxylic acids is 1. The summed E-state index contributed by atoms with van der Waals surface area (Å²) in [4.78, 5) is 37.1. The Bertz CT molecular complexity index is 879. The van der Waals surface area contributed by atoms with E-state index in [4.69, 9.17) is 0 Å². The van der Waals surface area contributed by atoms with E-state index in [0.717, 1.165) is 29.5 Å². The minimum Gasteiger partial charge on any atom is -0.350 e. The van der Waals surface area contributed by atoms with Crippen LogP contribution in [0.3, 0.4) is 0 Å². The van der Waals surface area contributed by atoms with E-state index in [0.29, 0.717) is 6.54 Å². The SMILES string of the molecule is CC1NCCCC1NC(=O)Cn1c(=O)ccn(Cc2ccccc2)c1=O.Cl. The zero-order valence-electron chi connectivity index (χ0n) is 15.3. The highest BCUT2D eigenvalue weighted by Crippen LogP contribution is 2.07. The second kappa shape index (κ2) is 9.53. The number of benzene rings is 1. The quantitative estimate of drug-likeness (QED) is 0.785. The molecule has 1 aliphatic rings. The number of hydrogen-bond donors (Lipinski definition) is 2. The van der Waals surface area contributed by atoms with Crippen LogP contribution in [-0.2, 0) is 17.9 Å². The predicted molar refractivity (Wildman–Crippen MR) is 106 cm³/mol. The molecule has 1 aromatic heterocycles. The van der Waals surface area contributed by atoms with Crippen molar-refractivity contribution < 1.29 is 4.79 Å². The fourth-order valence-corrected chi connectivity index (χ4v) is 3.24. The number of aromatic nitrogens is 2. The van der Waals surface area contributed by atoms with Gasteiger partial charge in [-0.05, 0) is 31.9 Å². The van der Waals surface area contributed by atoms with Crippen molar-refractivity contribution in [3.05, 3.63) is 69.0 Å². The molecule has 1 aliphatic heterocycles. The fourth-order valence-electron chi connectivity index (χ4n) is 3.24. The third-order valence-corrected chi connectivity index (χ3v) is 4.75. The van der Waals surface area contributed by atoms with Crippen molar-refractivity contribution in [3.63, 3.8) is 0 Å². The standard InChI is InChI=1S/C19H24N4O3.ClH/c1-14-16(8-5-10-20-14)21-17(24)13-23-18(25)9-11-22(19(23)26)12-15-6-3-2-4-7-15;/h2-4,6-7,9,11,14,16,20H,5,8,10,12-13H2,1H3,(H,21,24);1H. The maximum absolute atomic E-state index is 12.6. The topological polar surface area (TPSA) is 85.1 Å². The summed E-state index contributed by atoms with van der Waals surface area (Å²) >= 11 is 0. The van der Waals surface area contributed by atoms with Gasteiger partial charge in [0.2, 0.25) is 5.91 Å². The molecule has 0 saturated carbocycles. The number of carbonyl (C=O) groups is 1. The lowest BCUT2D eigenvalue weighted by molar-refractivity contribution is -0.122. The molecule has 2 aromatic rings.